The van der Waals surface area contributed by atoms with Gasteiger partial charge in [0.05, 0.1) is 5.56 Å². The normalized spacial score (nSPS) is 17.2. The molecule has 0 radical (unpaired) electrons. The smallest absolute Gasteiger partial charge is 0.316 e. The number of nitrogens with zero attached hydrogens (tertiary/aromatic N) is 2. The summed E-state index contributed by atoms with van der Waals surface area (Å²) in [5, 5.41) is 0. The van der Waals surface area contributed by atoms with E-state index in [0.29, 0.717) is 30.1 Å². The van der Waals surface area contributed by atoms with Crippen LogP contribution in [0.5, 0.6) is 6.01 Å². The van der Waals surface area contributed by atoms with Crippen molar-refractivity contribution in [2.75, 3.05) is 0 Å². The molecule has 2 aromatic rings. The molecule has 1 atom stereocenters. The molecule has 2 aliphatic carbocycles. The van der Waals surface area contributed by atoms with E-state index in [9.17, 15) is 4.79 Å². The lowest BCUT2D eigenvalue weighted by Gasteiger charge is -2.24. The molecule has 4 heteroatoms. The summed E-state index contributed by atoms with van der Waals surface area (Å²) in [6.45, 7) is 2.19. The van der Waals surface area contributed by atoms with Crippen molar-refractivity contribution in [2.45, 2.75) is 63.9 Å². The third-order valence-electron chi connectivity index (χ3n) is 5.64. The van der Waals surface area contributed by atoms with Gasteiger partial charge < -0.3 is 4.74 Å². The average Bonchev–Trinajstić information content (AvgIpc) is 3.54. The molecule has 2 fully saturated rings. The predicted molar refractivity (Wildman–Crippen MR) is 108 cm³/mol. The van der Waals surface area contributed by atoms with Crippen LogP contribution in [0.3, 0.4) is 0 Å². The third kappa shape index (κ3) is 4.98. The van der Waals surface area contributed by atoms with E-state index >= 15 is 0 Å². The summed E-state index contributed by atoms with van der Waals surface area (Å²) in [6, 6.07) is 8.74. The van der Waals surface area contributed by atoms with Crippen LogP contribution >= 0.6 is 0 Å². The van der Waals surface area contributed by atoms with E-state index in [1.165, 1.54) is 12.0 Å². The number of carbonyl (C=O) groups excluding carboxylic acids is 1. The van der Waals surface area contributed by atoms with Gasteiger partial charge in [0.15, 0.2) is 0 Å². The molecule has 0 bridgehead atoms. The molecule has 144 valence electrons. The fraction of sp³-hybridized carbons (Fsp3) is 0.458. The van der Waals surface area contributed by atoms with Crippen molar-refractivity contribution in [2.24, 2.45) is 5.92 Å². The summed E-state index contributed by atoms with van der Waals surface area (Å²) in [6.07, 6.45) is 10.9. The molecule has 4 nitrogen and oxygen atoms in total. The van der Waals surface area contributed by atoms with Crippen LogP contribution in [0, 0.1) is 17.8 Å². The zero-order valence-corrected chi connectivity index (χ0v) is 16.4. The summed E-state index contributed by atoms with van der Waals surface area (Å²) in [5.41, 5.74) is 2.99. The Kier molecular flexibility index (Phi) is 5.71. The van der Waals surface area contributed by atoms with E-state index < -0.39 is 0 Å². The molecule has 1 unspecified atom stereocenters. The van der Waals surface area contributed by atoms with Crippen LogP contribution < -0.4 is 4.74 Å². The Balaban J connectivity index is 1.30. The first kappa shape index (κ1) is 18.7. The minimum Gasteiger partial charge on any atom is -0.460 e. The maximum Gasteiger partial charge on any atom is 0.316 e. The van der Waals surface area contributed by atoms with Gasteiger partial charge >= 0.3 is 6.01 Å². The van der Waals surface area contributed by atoms with Crippen LogP contribution in [0.2, 0.25) is 0 Å². The number of ether oxygens (including phenoxy) is 1. The van der Waals surface area contributed by atoms with E-state index in [2.05, 4.69) is 40.9 Å². The van der Waals surface area contributed by atoms with Crippen LogP contribution in [-0.2, 0) is 4.79 Å². The van der Waals surface area contributed by atoms with Crippen LogP contribution in [0.1, 0.15) is 74.5 Å². The molecule has 2 saturated carbocycles. The Morgan fingerprint density at radius 1 is 1.07 bits per heavy atom. The molecule has 0 N–H and O–H groups in total. The molecule has 0 amide bonds. The number of rotatable bonds is 7. The minimum absolute atomic E-state index is 0.282. The van der Waals surface area contributed by atoms with Gasteiger partial charge in [-0.2, -0.15) is 0 Å². The topological polar surface area (TPSA) is 52.1 Å². The Morgan fingerprint density at radius 3 is 2.36 bits per heavy atom. The monoisotopic (exact) mass is 374 g/mol. The van der Waals surface area contributed by atoms with E-state index in [0.717, 1.165) is 43.2 Å². The van der Waals surface area contributed by atoms with Crippen molar-refractivity contribution in [3.8, 4) is 17.9 Å². The van der Waals surface area contributed by atoms with Gasteiger partial charge in [0.2, 0.25) is 0 Å². The van der Waals surface area contributed by atoms with Crippen molar-refractivity contribution in [1.29, 1.82) is 0 Å². The molecular formula is C24H26N2O2. The second kappa shape index (κ2) is 8.56. The van der Waals surface area contributed by atoms with Gasteiger partial charge in [0, 0.05) is 30.3 Å². The first-order chi connectivity index (χ1) is 13.7. The minimum atomic E-state index is 0.282. The van der Waals surface area contributed by atoms with E-state index in [4.69, 9.17) is 4.74 Å². The molecule has 2 aliphatic rings. The predicted octanol–water partition coefficient (Wildman–Crippen LogP) is 4.67. The average molecular weight is 374 g/mol. The fourth-order valence-corrected chi connectivity index (χ4v) is 3.25. The Bertz CT molecular complexity index is 870. The number of Topliss-reactive ketones (excluding diaryl/α,β-unsaturated/α-hetero) is 1. The third-order valence-corrected chi connectivity index (χ3v) is 5.64. The van der Waals surface area contributed by atoms with Gasteiger partial charge in [-0.3, -0.25) is 4.79 Å². The highest BCUT2D eigenvalue weighted by Crippen LogP contribution is 2.32. The van der Waals surface area contributed by atoms with Gasteiger partial charge in [0.1, 0.15) is 11.9 Å². The van der Waals surface area contributed by atoms with Crippen LogP contribution in [-0.4, -0.2) is 21.9 Å². The molecule has 0 spiro atoms. The Morgan fingerprint density at radius 2 is 1.75 bits per heavy atom. The number of aromatic nitrogens is 2. The maximum absolute atomic E-state index is 11.9. The molecule has 28 heavy (non-hydrogen) atoms. The molecule has 1 heterocycles. The van der Waals surface area contributed by atoms with Gasteiger partial charge in [-0.25, -0.2) is 9.97 Å². The van der Waals surface area contributed by atoms with Gasteiger partial charge in [-0.15, -0.1) is 0 Å². The summed E-state index contributed by atoms with van der Waals surface area (Å²) in [7, 11) is 0. The SMILES string of the molecule is CC(CCC(=O)C1CC1)c1ccc(C#Cc2cnc(OC3CCC3)nc2)cc1. The number of carbonyl (C=O) groups is 1. The van der Waals surface area contributed by atoms with E-state index in [-0.39, 0.29) is 6.10 Å². The van der Waals surface area contributed by atoms with Crippen molar-refractivity contribution >= 4 is 5.78 Å². The second-order valence-corrected chi connectivity index (χ2v) is 7.98. The van der Waals surface area contributed by atoms with E-state index in [1.54, 1.807) is 12.4 Å². The highest BCUT2D eigenvalue weighted by Gasteiger charge is 2.29. The molecular weight excluding hydrogens is 348 g/mol. The zero-order chi connectivity index (χ0) is 19.3. The van der Waals surface area contributed by atoms with Crippen LogP contribution in [0.25, 0.3) is 0 Å². The summed E-state index contributed by atoms with van der Waals surface area (Å²) < 4.78 is 5.66. The first-order valence-electron chi connectivity index (χ1n) is 10.3. The van der Waals surface area contributed by atoms with Crippen LogP contribution in [0.4, 0.5) is 0 Å². The Labute approximate surface area is 166 Å². The van der Waals surface area contributed by atoms with E-state index in [1.807, 2.05) is 12.1 Å². The van der Waals surface area contributed by atoms with Gasteiger partial charge in [0.25, 0.3) is 0 Å². The molecule has 4 rings (SSSR count). The lowest BCUT2D eigenvalue weighted by atomic mass is 9.94. The quantitative estimate of drug-likeness (QED) is 0.661. The number of benzene rings is 1. The van der Waals surface area contributed by atoms with Gasteiger partial charge in [-0.05, 0) is 62.1 Å². The Hall–Kier alpha value is -2.67. The summed E-state index contributed by atoms with van der Waals surface area (Å²) in [5.74, 6) is 7.46. The molecule has 1 aromatic carbocycles. The second-order valence-electron chi connectivity index (χ2n) is 7.98. The highest BCUT2D eigenvalue weighted by atomic mass is 16.5. The summed E-state index contributed by atoms with van der Waals surface area (Å²) >= 11 is 0. The first-order valence-corrected chi connectivity index (χ1v) is 10.3. The standard InChI is InChI=1S/C24H26N2O2/c1-17(5-14-23(27)21-12-13-21)20-10-8-18(9-11-20)6-7-19-15-25-24(26-16-19)28-22-3-2-4-22/h8-11,15-17,21-22H,2-5,12-14H2,1H3. The molecule has 0 saturated heterocycles. The highest BCUT2D eigenvalue weighted by molar-refractivity contribution is 5.83. The maximum atomic E-state index is 11.9. The largest absolute Gasteiger partial charge is 0.460 e. The molecule has 0 aliphatic heterocycles. The van der Waals surface area contributed by atoms with Crippen molar-refractivity contribution < 1.29 is 9.53 Å². The number of ketones is 1. The summed E-state index contributed by atoms with van der Waals surface area (Å²) in [4.78, 5) is 20.3. The van der Waals surface area contributed by atoms with Crippen molar-refractivity contribution in [3.63, 3.8) is 0 Å². The number of hydrogen-bond acceptors (Lipinski definition) is 4. The van der Waals surface area contributed by atoms with Gasteiger partial charge in [-0.1, -0.05) is 30.9 Å². The van der Waals surface area contributed by atoms with Crippen LogP contribution in [0.15, 0.2) is 36.7 Å². The fourth-order valence-electron chi connectivity index (χ4n) is 3.25. The lowest BCUT2D eigenvalue weighted by Crippen LogP contribution is -2.25. The van der Waals surface area contributed by atoms with Crippen molar-refractivity contribution in [3.05, 3.63) is 53.3 Å². The molecule has 1 aromatic heterocycles. The number of hydrogen-bond donors (Lipinski definition) is 0. The van der Waals surface area contributed by atoms with Crippen molar-refractivity contribution in [1.82, 2.24) is 9.97 Å². The lowest BCUT2D eigenvalue weighted by molar-refractivity contribution is -0.120. The zero-order valence-electron chi connectivity index (χ0n) is 16.4.